The molecule has 0 bridgehead atoms. The third kappa shape index (κ3) is 4.45. The summed E-state index contributed by atoms with van der Waals surface area (Å²) in [5.74, 6) is -0.553. The molecule has 0 saturated heterocycles. The lowest BCUT2D eigenvalue weighted by Crippen LogP contribution is -2.25. The van der Waals surface area contributed by atoms with Crippen LogP contribution in [0.4, 0.5) is 0 Å². The Hall–Kier alpha value is -3.21. The van der Waals surface area contributed by atoms with Gasteiger partial charge in [-0.2, -0.15) is 5.10 Å². The van der Waals surface area contributed by atoms with Crippen LogP contribution in [0.15, 0.2) is 65.5 Å². The molecule has 132 valence electrons. The van der Waals surface area contributed by atoms with E-state index in [0.29, 0.717) is 6.54 Å². The first-order valence-electron chi connectivity index (χ1n) is 8.38. The van der Waals surface area contributed by atoms with Crippen molar-refractivity contribution in [2.75, 3.05) is 0 Å². The molecule has 0 spiro atoms. The Balaban J connectivity index is 1.71. The molecule has 1 heterocycles. The highest BCUT2D eigenvalue weighted by Crippen LogP contribution is 2.07. The SMILES string of the molecule is Cc1ccc(COC(=O)c2ccc(=O)n(Cc3ccc(C)cc3)n2)cc1. The van der Waals surface area contributed by atoms with Crippen molar-refractivity contribution in [1.82, 2.24) is 9.78 Å². The van der Waals surface area contributed by atoms with Crippen molar-refractivity contribution in [2.24, 2.45) is 0 Å². The zero-order chi connectivity index (χ0) is 18.5. The standard InChI is InChI=1S/C21H20N2O3/c1-15-3-7-17(8-4-15)13-23-20(24)12-11-19(22-23)21(25)26-14-18-9-5-16(2)6-10-18/h3-12H,13-14H2,1-2H3. The van der Waals surface area contributed by atoms with E-state index in [1.807, 2.05) is 62.4 Å². The first-order chi connectivity index (χ1) is 12.5. The summed E-state index contributed by atoms with van der Waals surface area (Å²) >= 11 is 0. The summed E-state index contributed by atoms with van der Waals surface area (Å²) in [6.07, 6.45) is 0. The summed E-state index contributed by atoms with van der Waals surface area (Å²) in [5.41, 5.74) is 3.98. The van der Waals surface area contributed by atoms with E-state index in [1.165, 1.54) is 16.8 Å². The number of esters is 1. The number of carbonyl (C=O) groups is 1. The molecular weight excluding hydrogens is 328 g/mol. The normalized spacial score (nSPS) is 10.5. The first-order valence-corrected chi connectivity index (χ1v) is 8.38. The van der Waals surface area contributed by atoms with Crippen molar-refractivity contribution >= 4 is 5.97 Å². The highest BCUT2D eigenvalue weighted by Gasteiger charge is 2.12. The molecule has 0 saturated carbocycles. The number of ether oxygens (including phenoxy) is 1. The van der Waals surface area contributed by atoms with Crippen molar-refractivity contribution in [2.45, 2.75) is 27.0 Å². The average Bonchev–Trinajstić information content (AvgIpc) is 2.64. The van der Waals surface area contributed by atoms with E-state index in [2.05, 4.69) is 5.10 Å². The highest BCUT2D eigenvalue weighted by atomic mass is 16.5. The molecule has 0 unspecified atom stereocenters. The van der Waals surface area contributed by atoms with Gasteiger partial charge in [0, 0.05) is 6.07 Å². The molecule has 5 heteroatoms. The monoisotopic (exact) mass is 348 g/mol. The number of aryl methyl sites for hydroxylation is 2. The summed E-state index contributed by atoms with van der Waals surface area (Å²) < 4.78 is 6.57. The van der Waals surface area contributed by atoms with E-state index in [0.717, 1.165) is 22.3 Å². The van der Waals surface area contributed by atoms with Crippen LogP contribution in [0, 0.1) is 13.8 Å². The minimum absolute atomic E-state index is 0.115. The summed E-state index contributed by atoms with van der Waals surface area (Å²) in [4.78, 5) is 24.3. The van der Waals surface area contributed by atoms with Crippen LogP contribution in [-0.4, -0.2) is 15.7 Å². The van der Waals surface area contributed by atoms with Gasteiger partial charge in [0.2, 0.25) is 0 Å². The number of benzene rings is 2. The smallest absolute Gasteiger partial charge is 0.359 e. The van der Waals surface area contributed by atoms with Crippen molar-refractivity contribution < 1.29 is 9.53 Å². The zero-order valence-electron chi connectivity index (χ0n) is 14.8. The van der Waals surface area contributed by atoms with Crippen LogP contribution in [0.2, 0.25) is 0 Å². The molecule has 26 heavy (non-hydrogen) atoms. The molecule has 1 aromatic heterocycles. The van der Waals surface area contributed by atoms with Gasteiger partial charge >= 0.3 is 5.97 Å². The minimum Gasteiger partial charge on any atom is -0.456 e. The van der Waals surface area contributed by atoms with E-state index in [9.17, 15) is 9.59 Å². The molecule has 0 aliphatic carbocycles. The van der Waals surface area contributed by atoms with Crippen LogP contribution in [-0.2, 0) is 17.9 Å². The summed E-state index contributed by atoms with van der Waals surface area (Å²) in [6.45, 7) is 4.46. The molecule has 0 aliphatic rings. The van der Waals surface area contributed by atoms with Gasteiger partial charge in [-0.3, -0.25) is 4.79 Å². The van der Waals surface area contributed by atoms with Gasteiger partial charge in [0.1, 0.15) is 6.61 Å². The van der Waals surface area contributed by atoms with Crippen molar-refractivity contribution in [3.63, 3.8) is 0 Å². The van der Waals surface area contributed by atoms with Crippen LogP contribution in [0.3, 0.4) is 0 Å². The summed E-state index contributed by atoms with van der Waals surface area (Å²) in [5, 5.41) is 4.15. The molecular formula is C21H20N2O3. The Morgan fingerprint density at radius 3 is 2.08 bits per heavy atom. The molecule has 0 amide bonds. The number of hydrogen-bond acceptors (Lipinski definition) is 4. The number of carbonyl (C=O) groups excluding carboxylic acids is 1. The predicted octanol–water partition coefficient (Wildman–Crippen LogP) is 3.27. The Labute approximate surface area is 151 Å². The van der Waals surface area contributed by atoms with Crippen molar-refractivity contribution in [1.29, 1.82) is 0 Å². The number of aromatic nitrogens is 2. The molecule has 2 aromatic carbocycles. The van der Waals surface area contributed by atoms with Crippen LogP contribution in [0.25, 0.3) is 0 Å². The Morgan fingerprint density at radius 1 is 0.885 bits per heavy atom. The van der Waals surface area contributed by atoms with Gasteiger partial charge in [0.15, 0.2) is 5.69 Å². The van der Waals surface area contributed by atoms with Gasteiger partial charge in [-0.05, 0) is 31.0 Å². The van der Waals surface area contributed by atoms with Crippen LogP contribution in [0.5, 0.6) is 0 Å². The minimum atomic E-state index is -0.553. The second kappa shape index (κ2) is 7.78. The highest BCUT2D eigenvalue weighted by molar-refractivity contribution is 5.86. The molecule has 3 aromatic rings. The van der Waals surface area contributed by atoms with E-state index in [1.54, 1.807) is 0 Å². The van der Waals surface area contributed by atoms with Crippen molar-refractivity contribution in [3.8, 4) is 0 Å². The Kier molecular flexibility index (Phi) is 5.27. The topological polar surface area (TPSA) is 61.2 Å². The second-order valence-corrected chi connectivity index (χ2v) is 6.26. The second-order valence-electron chi connectivity index (χ2n) is 6.26. The van der Waals surface area contributed by atoms with E-state index in [-0.39, 0.29) is 17.9 Å². The molecule has 0 fully saturated rings. The van der Waals surface area contributed by atoms with Gasteiger partial charge in [0.25, 0.3) is 5.56 Å². The third-order valence-corrected chi connectivity index (χ3v) is 4.02. The maximum absolute atomic E-state index is 12.2. The van der Waals surface area contributed by atoms with E-state index >= 15 is 0 Å². The van der Waals surface area contributed by atoms with Gasteiger partial charge in [-0.15, -0.1) is 0 Å². The average molecular weight is 348 g/mol. The predicted molar refractivity (Wildman–Crippen MR) is 99.1 cm³/mol. The number of nitrogens with zero attached hydrogens (tertiary/aromatic N) is 2. The molecule has 0 aliphatic heterocycles. The largest absolute Gasteiger partial charge is 0.456 e. The van der Waals surface area contributed by atoms with Gasteiger partial charge in [-0.1, -0.05) is 59.7 Å². The first kappa shape index (κ1) is 17.6. The molecule has 0 radical (unpaired) electrons. The molecule has 0 atom stereocenters. The third-order valence-electron chi connectivity index (χ3n) is 4.02. The summed E-state index contributed by atoms with van der Waals surface area (Å²) in [7, 11) is 0. The fraction of sp³-hybridized carbons (Fsp3) is 0.190. The number of hydrogen-bond donors (Lipinski definition) is 0. The van der Waals surface area contributed by atoms with Gasteiger partial charge in [0.05, 0.1) is 6.54 Å². The maximum Gasteiger partial charge on any atom is 0.359 e. The molecule has 0 N–H and O–H groups in total. The Bertz CT molecular complexity index is 958. The Morgan fingerprint density at radius 2 is 1.46 bits per heavy atom. The molecule has 3 rings (SSSR count). The fourth-order valence-electron chi connectivity index (χ4n) is 2.44. The van der Waals surface area contributed by atoms with E-state index in [4.69, 9.17) is 4.74 Å². The molecule has 5 nitrogen and oxygen atoms in total. The van der Waals surface area contributed by atoms with Crippen molar-refractivity contribution in [3.05, 3.63) is 99.0 Å². The zero-order valence-corrected chi connectivity index (χ0v) is 14.8. The lowest BCUT2D eigenvalue weighted by Gasteiger charge is -2.08. The van der Waals surface area contributed by atoms with E-state index < -0.39 is 5.97 Å². The lowest BCUT2D eigenvalue weighted by atomic mass is 10.1. The number of rotatable bonds is 5. The van der Waals surface area contributed by atoms with Crippen LogP contribution in [0.1, 0.15) is 32.7 Å². The van der Waals surface area contributed by atoms with Gasteiger partial charge < -0.3 is 4.74 Å². The lowest BCUT2D eigenvalue weighted by molar-refractivity contribution is 0.0462. The quantitative estimate of drug-likeness (QED) is 0.664. The maximum atomic E-state index is 12.2. The van der Waals surface area contributed by atoms with Crippen LogP contribution < -0.4 is 5.56 Å². The van der Waals surface area contributed by atoms with Gasteiger partial charge in [-0.25, -0.2) is 9.48 Å². The van der Waals surface area contributed by atoms with Crippen LogP contribution >= 0.6 is 0 Å². The summed E-state index contributed by atoms with van der Waals surface area (Å²) in [6, 6.07) is 18.3. The fourth-order valence-corrected chi connectivity index (χ4v) is 2.44.